The Morgan fingerprint density at radius 2 is 1.88 bits per heavy atom. The molecule has 0 aliphatic carbocycles. The molecule has 0 radical (unpaired) electrons. The van der Waals surface area contributed by atoms with Crippen LogP contribution in [-0.4, -0.2) is 21.5 Å². The Kier molecular flexibility index (Phi) is 7.90. The summed E-state index contributed by atoms with van der Waals surface area (Å²) < 4.78 is 0. The van der Waals surface area contributed by atoms with E-state index in [4.69, 9.17) is 0 Å². The number of rotatable bonds is 11. The average molecular weight is 379 g/mol. The topological polar surface area (TPSA) is 59.9 Å². The quantitative estimate of drug-likeness (QED) is 0.378. The molecular weight excluding hydrogens is 352 g/mol. The number of nitrogens with zero attached hydrogens (tertiary/aromatic N) is 2. The standard InChI is InChI=1S/C19H26N2O2S2/c1-4-14(22)8-6-5-7-9-15(23)17-16(12-13(2)3)25-19(21-17)18-20-10-11-24-18/h10-11,13H,4-9,12H2,1-3H3. The maximum atomic E-state index is 12.6. The molecule has 2 heterocycles. The Labute approximate surface area is 157 Å². The van der Waals surface area contributed by atoms with Crippen LogP contribution in [0.5, 0.6) is 0 Å². The average Bonchev–Trinajstić information content (AvgIpc) is 3.23. The van der Waals surface area contributed by atoms with Gasteiger partial charge in [-0.3, -0.25) is 9.59 Å². The summed E-state index contributed by atoms with van der Waals surface area (Å²) in [6.45, 7) is 6.20. The van der Waals surface area contributed by atoms with E-state index in [9.17, 15) is 9.59 Å². The lowest BCUT2D eigenvalue weighted by atomic mass is 10.0. The van der Waals surface area contributed by atoms with Crippen LogP contribution < -0.4 is 0 Å². The first-order valence-electron chi connectivity index (χ1n) is 8.95. The van der Waals surface area contributed by atoms with Gasteiger partial charge in [-0.05, 0) is 25.2 Å². The van der Waals surface area contributed by atoms with E-state index in [1.807, 2.05) is 12.3 Å². The number of ketones is 2. The van der Waals surface area contributed by atoms with Crippen molar-refractivity contribution in [2.45, 2.75) is 65.7 Å². The zero-order valence-electron chi connectivity index (χ0n) is 15.2. The highest BCUT2D eigenvalue weighted by atomic mass is 32.1. The van der Waals surface area contributed by atoms with E-state index in [1.54, 1.807) is 28.9 Å². The summed E-state index contributed by atoms with van der Waals surface area (Å²) in [5.74, 6) is 0.908. The van der Waals surface area contributed by atoms with Crippen LogP contribution in [0.2, 0.25) is 0 Å². The summed E-state index contributed by atoms with van der Waals surface area (Å²) in [4.78, 5) is 34.0. The second-order valence-corrected chi connectivity index (χ2v) is 8.58. The first-order valence-corrected chi connectivity index (χ1v) is 10.6. The molecular formula is C19H26N2O2S2. The second-order valence-electron chi connectivity index (χ2n) is 6.60. The van der Waals surface area contributed by atoms with E-state index in [-0.39, 0.29) is 5.78 Å². The number of aromatic nitrogens is 2. The van der Waals surface area contributed by atoms with Crippen LogP contribution in [0.15, 0.2) is 11.6 Å². The van der Waals surface area contributed by atoms with Crippen molar-refractivity contribution in [3.05, 3.63) is 22.1 Å². The zero-order chi connectivity index (χ0) is 18.2. The molecule has 0 saturated carbocycles. The fourth-order valence-electron chi connectivity index (χ4n) is 2.58. The zero-order valence-corrected chi connectivity index (χ0v) is 16.8. The molecule has 0 unspecified atom stereocenters. The maximum Gasteiger partial charge on any atom is 0.182 e. The van der Waals surface area contributed by atoms with E-state index in [1.165, 1.54) is 0 Å². The number of carbonyl (C=O) groups excluding carboxylic acids is 2. The Bertz CT molecular complexity index is 690. The summed E-state index contributed by atoms with van der Waals surface area (Å²) in [5.41, 5.74) is 0.633. The van der Waals surface area contributed by atoms with Crippen molar-refractivity contribution in [3.63, 3.8) is 0 Å². The number of thiazole rings is 2. The molecule has 2 rings (SSSR count). The van der Waals surface area contributed by atoms with Gasteiger partial charge in [-0.1, -0.05) is 27.2 Å². The van der Waals surface area contributed by atoms with Gasteiger partial charge >= 0.3 is 0 Å². The van der Waals surface area contributed by atoms with Gasteiger partial charge in [0.1, 0.15) is 11.5 Å². The lowest BCUT2D eigenvalue weighted by Crippen LogP contribution is -2.05. The van der Waals surface area contributed by atoms with Crippen LogP contribution in [0.25, 0.3) is 10.0 Å². The summed E-state index contributed by atoms with van der Waals surface area (Å²) in [6.07, 6.45) is 7.00. The molecule has 0 aromatic carbocycles. The van der Waals surface area contributed by atoms with E-state index in [0.29, 0.717) is 36.7 Å². The number of unbranched alkanes of at least 4 members (excludes halogenated alkanes) is 2. The van der Waals surface area contributed by atoms with Crippen molar-refractivity contribution < 1.29 is 9.59 Å². The van der Waals surface area contributed by atoms with Crippen molar-refractivity contribution in [2.75, 3.05) is 0 Å². The van der Waals surface area contributed by atoms with Gasteiger partial charge in [-0.2, -0.15) is 0 Å². The van der Waals surface area contributed by atoms with Gasteiger partial charge in [0.2, 0.25) is 0 Å². The second kappa shape index (κ2) is 9.92. The number of carbonyl (C=O) groups is 2. The summed E-state index contributed by atoms with van der Waals surface area (Å²) >= 11 is 3.15. The molecule has 0 bridgehead atoms. The molecule has 136 valence electrons. The predicted octanol–water partition coefficient (Wildman–Crippen LogP) is 5.58. The summed E-state index contributed by atoms with van der Waals surface area (Å²) in [5, 5.41) is 3.66. The Morgan fingerprint density at radius 1 is 1.12 bits per heavy atom. The van der Waals surface area contributed by atoms with Crippen LogP contribution in [0.4, 0.5) is 0 Å². The number of hydrogen-bond acceptors (Lipinski definition) is 6. The minimum absolute atomic E-state index is 0.122. The molecule has 0 saturated heterocycles. The Morgan fingerprint density at radius 3 is 2.52 bits per heavy atom. The first kappa shape index (κ1) is 19.9. The Balaban J connectivity index is 1.98. The molecule has 2 aromatic heterocycles. The third-order valence-electron chi connectivity index (χ3n) is 3.92. The van der Waals surface area contributed by atoms with Crippen molar-refractivity contribution in [1.29, 1.82) is 0 Å². The third kappa shape index (κ3) is 6.12. The van der Waals surface area contributed by atoms with Crippen LogP contribution >= 0.6 is 22.7 Å². The summed E-state index contributed by atoms with van der Waals surface area (Å²) in [7, 11) is 0. The lowest BCUT2D eigenvalue weighted by molar-refractivity contribution is -0.118. The van der Waals surface area contributed by atoms with Crippen molar-refractivity contribution in [3.8, 4) is 10.0 Å². The van der Waals surface area contributed by atoms with Crippen LogP contribution in [0, 0.1) is 5.92 Å². The number of Topliss-reactive ketones (excluding diaryl/α,β-unsaturated/α-hetero) is 2. The molecule has 0 aliphatic heterocycles. The first-order chi connectivity index (χ1) is 12.0. The Hall–Kier alpha value is -1.40. The molecule has 0 amide bonds. The lowest BCUT2D eigenvalue weighted by Gasteiger charge is -2.04. The van der Waals surface area contributed by atoms with Gasteiger partial charge in [0, 0.05) is 35.7 Å². The van der Waals surface area contributed by atoms with Crippen LogP contribution in [0.3, 0.4) is 0 Å². The van der Waals surface area contributed by atoms with Crippen LogP contribution in [-0.2, 0) is 11.2 Å². The fraction of sp³-hybridized carbons (Fsp3) is 0.579. The van der Waals surface area contributed by atoms with Crippen molar-refractivity contribution >= 4 is 34.2 Å². The van der Waals surface area contributed by atoms with Crippen molar-refractivity contribution in [2.24, 2.45) is 5.92 Å². The summed E-state index contributed by atoms with van der Waals surface area (Å²) in [6, 6.07) is 0. The third-order valence-corrected chi connectivity index (χ3v) is 5.92. The highest BCUT2D eigenvalue weighted by Gasteiger charge is 2.20. The molecule has 0 fully saturated rings. The maximum absolute atomic E-state index is 12.6. The molecule has 2 aromatic rings. The molecule has 0 spiro atoms. The molecule has 25 heavy (non-hydrogen) atoms. The van der Waals surface area contributed by atoms with Crippen LogP contribution in [0.1, 0.15) is 74.7 Å². The normalized spacial score (nSPS) is 11.2. The van der Waals surface area contributed by atoms with E-state index in [0.717, 1.165) is 40.6 Å². The van der Waals surface area contributed by atoms with Gasteiger partial charge in [0.25, 0.3) is 0 Å². The monoisotopic (exact) mass is 378 g/mol. The van der Waals surface area contributed by atoms with Crippen molar-refractivity contribution in [1.82, 2.24) is 9.97 Å². The highest BCUT2D eigenvalue weighted by molar-refractivity contribution is 7.20. The highest BCUT2D eigenvalue weighted by Crippen LogP contribution is 2.31. The minimum atomic E-state index is 0.122. The van der Waals surface area contributed by atoms with Gasteiger partial charge in [-0.15, -0.1) is 22.7 Å². The largest absolute Gasteiger partial charge is 0.300 e. The minimum Gasteiger partial charge on any atom is -0.300 e. The van der Waals surface area contributed by atoms with E-state index >= 15 is 0 Å². The van der Waals surface area contributed by atoms with Gasteiger partial charge in [0.05, 0.1) is 0 Å². The predicted molar refractivity (Wildman–Crippen MR) is 104 cm³/mol. The molecule has 0 atom stereocenters. The smallest absolute Gasteiger partial charge is 0.182 e. The fourth-order valence-corrected chi connectivity index (χ4v) is 4.55. The van der Waals surface area contributed by atoms with E-state index < -0.39 is 0 Å². The molecule has 4 nitrogen and oxygen atoms in total. The van der Waals surface area contributed by atoms with Gasteiger partial charge in [-0.25, -0.2) is 9.97 Å². The molecule has 0 aliphatic rings. The molecule has 0 N–H and O–H groups in total. The van der Waals surface area contributed by atoms with Gasteiger partial charge in [0.15, 0.2) is 15.8 Å². The van der Waals surface area contributed by atoms with Gasteiger partial charge < -0.3 is 0 Å². The SMILES string of the molecule is CCC(=O)CCCCCC(=O)c1nc(-c2nccs2)sc1CC(C)C. The van der Waals surface area contributed by atoms with E-state index in [2.05, 4.69) is 23.8 Å². The number of hydrogen-bond donors (Lipinski definition) is 0. The molecule has 6 heteroatoms.